The SMILES string of the molecule is C[C@@H](CN(C)C(=O)c1ccc(N(C)C)cc1F)c1nn[nH]n1. The molecule has 1 amide bonds. The molecule has 2 aromatic rings. The molecule has 1 aromatic carbocycles. The smallest absolute Gasteiger partial charge is 0.256 e. The number of hydrogen-bond donors (Lipinski definition) is 1. The van der Waals surface area contributed by atoms with Crippen LogP contribution in [-0.4, -0.2) is 59.1 Å². The lowest BCUT2D eigenvalue weighted by Gasteiger charge is -2.21. The fraction of sp³-hybridized carbons (Fsp3) is 0.429. The minimum absolute atomic E-state index is 0.0495. The first-order valence-corrected chi connectivity index (χ1v) is 6.85. The molecule has 118 valence electrons. The molecule has 8 heteroatoms. The molecule has 22 heavy (non-hydrogen) atoms. The number of rotatable bonds is 5. The Kier molecular flexibility index (Phi) is 4.69. The Morgan fingerprint density at radius 3 is 2.64 bits per heavy atom. The molecular formula is C14H19FN6O. The number of hydrogen-bond acceptors (Lipinski definition) is 5. The zero-order valence-electron chi connectivity index (χ0n) is 13.0. The van der Waals surface area contributed by atoms with Gasteiger partial charge in [-0.05, 0) is 18.2 Å². The number of aromatic amines is 1. The van der Waals surface area contributed by atoms with Gasteiger partial charge in [-0.2, -0.15) is 5.21 Å². The van der Waals surface area contributed by atoms with Crippen molar-refractivity contribution in [2.24, 2.45) is 0 Å². The number of aromatic nitrogens is 4. The number of nitrogens with one attached hydrogen (secondary N) is 1. The van der Waals surface area contributed by atoms with Gasteiger partial charge in [0.2, 0.25) is 0 Å². The first kappa shape index (κ1) is 15.9. The van der Waals surface area contributed by atoms with Crippen LogP contribution in [0.2, 0.25) is 0 Å². The van der Waals surface area contributed by atoms with Crippen molar-refractivity contribution in [2.45, 2.75) is 12.8 Å². The Morgan fingerprint density at radius 1 is 1.36 bits per heavy atom. The summed E-state index contributed by atoms with van der Waals surface area (Å²) in [5, 5.41) is 13.6. The van der Waals surface area contributed by atoms with Gasteiger partial charge in [0, 0.05) is 39.3 Å². The lowest BCUT2D eigenvalue weighted by atomic mass is 10.1. The molecule has 0 unspecified atom stereocenters. The zero-order valence-corrected chi connectivity index (χ0v) is 13.0. The highest BCUT2D eigenvalue weighted by molar-refractivity contribution is 5.94. The maximum atomic E-state index is 14.1. The van der Waals surface area contributed by atoms with Crippen molar-refractivity contribution in [3.8, 4) is 0 Å². The van der Waals surface area contributed by atoms with Crippen molar-refractivity contribution >= 4 is 11.6 Å². The van der Waals surface area contributed by atoms with E-state index < -0.39 is 5.82 Å². The molecule has 0 fully saturated rings. The molecule has 0 spiro atoms. The molecule has 7 nitrogen and oxygen atoms in total. The van der Waals surface area contributed by atoms with Crippen LogP contribution in [0.15, 0.2) is 18.2 Å². The van der Waals surface area contributed by atoms with Crippen molar-refractivity contribution in [1.82, 2.24) is 25.5 Å². The summed E-state index contributed by atoms with van der Waals surface area (Å²) in [5.41, 5.74) is 0.755. The molecule has 0 radical (unpaired) electrons. The number of likely N-dealkylation sites (N-methyl/N-ethyl adjacent to an activating group) is 1. The first-order chi connectivity index (χ1) is 10.4. The molecule has 1 heterocycles. The topological polar surface area (TPSA) is 78.0 Å². The Labute approximate surface area is 128 Å². The van der Waals surface area contributed by atoms with Crippen molar-refractivity contribution < 1.29 is 9.18 Å². The number of tetrazole rings is 1. The molecule has 0 bridgehead atoms. The van der Waals surface area contributed by atoms with Crippen LogP contribution in [0.25, 0.3) is 0 Å². The van der Waals surface area contributed by atoms with Gasteiger partial charge in [0.25, 0.3) is 5.91 Å². The molecule has 0 aliphatic heterocycles. The van der Waals surface area contributed by atoms with Gasteiger partial charge >= 0.3 is 0 Å². The van der Waals surface area contributed by atoms with Crippen molar-refractivity contribution in [3.05, 3.63) is 35.4 Å². The second-order valence-corrected chi connectivity index (χ2v) is 5.42. The van der Waals surface area contributed by atoms with Crippen molar-refractivity contribution in [2.75, 3.05) is 32.6 Å². The second-order valence-electron chi connectivity index (χ2n) is 5.42. The number of nitrogens with zero attached hydrogens (tertiary/aromatic N) is 5. The summed E-state index contributed by atoms with van der Waals surface area (Å²) >= 11 is 0. The van der Waals surface area contributed by atoms with E-state index in [2.05, 4.69) is 20.6 Å². The van der Waals surface area contributed by atoms with Crippen LogP contribution in [0.4, 0.5) is 10.1 Å². The highest BCUT2D eigenvalue weighted by atomic mass is 19.1. The van der Waals surface area contributed by atoms with Crippen LogP contribution < -0.4 is 4.90 Å². The summed E-state index contributed by atoms with van der Waals surface area (Å²) in [6.07, 6.45) is 0. The molecule has 2 rings (SSSR count). The Hall–Kier alpha value is -2.51. The van der Waals surface area contributed by atoms with Crippen LogP contribution in [0.1, 0.15) is 29.0 Å². The van der Waals surface area contributed by atoms with Gasteiger partial charge < -0.3 is 9.80 Å². The maximum absolute atomic E-state index is 14.1. The number of benzene rings is 1. The predicted molar refractivity (Wildman–Crippen MR) is 80.3 cm³/mol. The molecule has 1 atom stereocenters. The van der Waals surface area contributed by atoms with E-state index in [1.807, 2.05) is 21.0 Å². The number of amides is 1. The third-order valence-electron chi connectivity index (χ3n) is 3.40. The molecule has 0 aliphatic rings. The van der Waals surface area contributed by atoms with Crippen LogP contribution in [0.3, 0.4) is 0 Å². The van der Waals surface area contributed by atoms with E-state index in [0.717, 1.165) is 0 Å². The lowest BCUT2D eigenvalue weighted by molar-refractivity contribution is 0.0782. The van der Waals surface area contributed by atoms with E-state index in [0.29, 0.717) is 18.1 Å². The molecule has 0 saturated carbocycles. The average Bonchev–Trinajstić information content (AvgIpc) is 3.00. The van der Waals surface area contributed by atoms with Gasteiger partial charge in [0.15, 0.2) is 5.82 Å². The number of anilines is 1. The van der Waals surface area contributed by atoms with Gasteiger partial charge in [-0.1, -0.05) is 12.1 Å². The van der Waals surface area contributed by atoms with Crippen molar-refractivity contribution in [3.63, 3.8) is 0 Å². The van der Waals surface area contributed by atoms with E-state index in [9.17, 15) is 9.18 Å². The van der Waals surface area contributed by atoms with Gasteiger partial charge in [-0.3, -0.25) is 4.79 Å². The van der Waals surface area contributed by atoms with Crippen LogP contribution in [-0.2, 0) is 0 Å². The van der Waals surface area contributed by atoms with Gasteiger partial charge in [-0.25, -0.2) is 4.39 Å². The van der Waals surface area contributed by atoms with Gasteiger partial charge in [0.05, 0.1) is 5.56 Å². The monoisotopic (exact) mass is 306 g/mol. The Morgan fingerprint density at radius 2 is 2.09 bits per heavy atom. The highest BCUT2D eigenvalue weighted by Gasteiger charge is 2.20. The average molecular weight is 306 g/mol. The summed E-state index contributed by atoms with van der Waals surface area (Å²) in [5.74, 6) is -0.492. The Balaban J connectivity index is 2.10. The molecule has 1 aromatic heterocycles. The second kappa shape index (κ2) is 6.50. The summed E-state index contributed by atoms with van der Waals surface area (Å²) in [6, 6.07) is 4.57. The van der Waals surface area contributed by atoms with Gasteiger partial charge in [0.1, 0.15) is 5.82 Å². The lowest BCUT2D eigenvalue weighted by Crippen LogP contribution is -2.31. The fourth-order valence-corrected chi connectivity index (χ4v) is 2.11. The highest BCUT2D eigenvalue weighted by Crippen LogP contribution is 2.19. The van der Waals surface area contributed by atoms with Crippen LogP contribution in [0, 0.1) is 5.82 Å². The number of carbonyl (C=O) groups is 1. The van der Waals surface area contributed by atoms with E-state index in [1.165, 1.54) is 17.0 Å². The molecular weight excluding hydrogens is 287 g/mol. The standard InChI is InChI=1S/C14H19FN6O/c1-9(13-16-18-19-17-13)8-21(4)14(22)11-6-5-10(20(2)3)7-12(11)15/h5-7,9H,8H2,1-4H3,(H,16,17,18,19)/t9-/m0/s1. The van der Waals surface area contributed by atoms with Crippen LogP contribution >= 0.6 is 0 Å². The minimum atomic E-state index is -0.532. The molecule has 1 N–H and O–H groups in total. The maximum Gasteiger partial charge on any atom is 0.256 e. The van der Waals surface area contributed by atoms with E-state index in [-0.39, 0.29) is 17.4 Å². The minimum Gasteiger partial charge on any atom is -0.378 e. The summed E-state index contributed by atoms with van der Waals surface area (Å²) in [7, 11) is 5.25. The third-order valence-corrected chi connectivity index (χ3v) is 3.40. The largest absolute Gasteiger partial charge is 0.378 e. The first-order valence-electron chi connectivity index (χ1n) is 6.85. The van der Waals surface area contributed by atoms with E-state index in [1.54, 1.807) is 18.0 Å². The van der Waals surface area contributed by atoms with Gasteiger partial charge in [-0.15, -0.1) is 10.2 Å². The molecule has 0 aliphatic carbocycles. The van der Waals surface area contributed by atoms with Crippen molar-refractivity contribution in [1.29, 1.82) is 0 Å². The van der Waals surface area contributed by atoms with E-state index >= 15 is 0 Å². The summed E-state index contributed by atoms with van der Waals surface area (Å²) in [6.45, 7) is 2.24. The number of halogens is 1. The summed E-state index contributed by atoms with van der Waals surface area (Å²) in [4.78, 5) is 15.6. The summed E-state index contributed by atoms with van der Waals surface area (Å²) < 4.78 is 14.1. The molecule has 0 saturated heterocycles. The number of carbonyl (C=O) groups excluding carboxylic acids is 1. The van der Waals surface area contributed by atoms with Crippen LogP contribution in [0.5, 0.6) is 0 Å². The Bertz CT molecular complexity index is 643. The third kappa shape index (κ3) is 3.38. The quantitative estimate of drug-likeness (QED) is 0.900. The normalized spacial score (nSPS) is 12.0. The van der Waals surface area contributed by atoms with E-state index in [4.69, 9.17) is 0 Å². The fourth-order valence-electron chi connectivity index (χ4n) is 2.11. The predicted octanol–water partition coefficient (Wildman–Crippen LogP) is 1.28. The number of H-pyrrole nitrogens is 1. The zero-order chi connectivity index (χ0) is 16.3.